The van der Waals surface area contributed by atoms with Gasteiger partial charge in [0.15, 0.2) is 0 Å². The van der Waals surface area contributed by atoms with Crippen molar-refractivity contribution in [3.05, 3.63) is 0 Å². The summed E-state index contributed by atoms with van der Waals surface area (Å²) in [5.74, 6) is 0.560. The molecule has 1 fully saturated rings. The lowest BCUT2D eigenvalue weighted by Crippen LogP contribution is -2.23. The number of carbonyl (C=O) groups is 1. The molecule has 2 heteroatoms. The third kappa shape index (κ3) is 3.90. The third-order valence-corrected chi connectivity index (χ3v) is 3.01. The summed E-state index contributed by atoms with van der Waals surface area (Å²) in [4.78, 5) is 11.4. The molecule has 0 aromatic carbocycles. The lowest BCUT2D eigenvalue weighted by molar-refractivity contribution is -0.121. The van der Waals surface area contributed by atoms with E-state index < -0.39 is 0 Å². The average molecular weight is 183 g/mol. The number of ketones is 1. The van der Waals surface area contributed by atoms with Crippen LogP contribution in [0.4, 0.5) is 0 Å². The predicted molar refractivity (Wildman–Crippen MR) is 54.5 cm³/mol. The lowest BCUT2D eigenvalue weighted by atomic mass is 9.93. The van der Waals surface area contributed by atoms with Crippen LogP contribution < -0.4 is 5.73 Å². The van der Waals surface area contributed by atoms with E-state index in [-0.39, 0.29) is 18.2 Å². The summed E-state index contributed by atoms with van der Waals surface area (Å²) in [6, 6.07) is 0. The molecule has 0 spiro atoms. The summed E-state index contributed by atoms with van der Waals surface area (Å²) in [5.41, 5.74) is 5.38. The molecular formula is C11H21NO. The monoisotopic (exact) mass is 183 g/mol. The molecule has 0 radical (unpaired) electrons. The molecule has 76 valence electrons. The molecule has 0 unspecified atom stereocenters. The van der Waals surface area contributed by atoms with E-state index in [4.69, 9.17) is 5.73 Å². The van der Waals surface area contributed by atoms with E-state index >= 15 is 0 Å². The van der Waals surface area contributed by atoms with Crippen LogP contribution in [0.15, 0.2) is 0 Å². The van der Waals surface area contributed by atoms with E-state index in [0.717, 1.165) is 12.8 Å². The fourth-order valence-corrected chi connectivity index (χ4v) is 2.12. The summed E-state index contributed by atoms with van der Waals surface area (Å²) >= 11 is 0. The maximum atomic E-state index is 11.4. The standard InChI is InChI=1S/C11H21NO/c12-9-11(13)10-7-5-3-1-2-4-6-8-10/h10H,1-9,12H2. The topological polar surface area (TPSA) is 43.1 Å². The first kappa shape index (κ1) is 10.7. The van der Waals surface area contributed by atoms with Crippen LogP contribution in [0.5, 0.6) is 0 Å². The minimum Gasteiger partial charge on any atom is -0.324 e. The Kier molecular flexibility index (Phi) is 5.06. The summed E-state index contributed by atoms with van der Waals surface area (Å²) in [6.07, 6.45) is 9.90. The van der Waals surface area contributed by atoms with Crippen molar-refractivity contribution in [2.75, 3.05) is 6.54 Å². The van der Waals surface area contributed by atoms with Crippen molar-refractivity contribution in [1.29, 1.82) is 0 Å². The van der Waals surface area contributed by atoms with Gasteiger partial charge in [0.2, 0.25) is 0 Å². The Morgan fingerprint density at radius 2 is 1.46 bits per heavy atom. The minimum absolute atomic E-state index is 0.241. The maximum absolute atomic E-state index is 11.4. The highest BCUT2D eigenvalue weighted by Crippen LogP contribution is 2.22. The lowest BCUT2D eigenvalue weighted by Gasteiger charge is -2.12. The predicted octanol–water partition coefficient (Wildman–Crippen LogP) is 2.26. The Labute approximate surface area is 80.9 Å². The van der Waals surface area contributed by atoms with Crippen molar-refractivity contribution in [3.8, 4) is 0 Å². The van der Waals surface area contributed by atoms with Gasteiger partial charge in [0.25, 0.3) is 0 Å². The molecule has 0 amide bonds. The number of rotatable bonds is 2. The first-order chi connectivity index (χ1) is 6.34. The van der Waals surface area contributed by atoms with Gasteiger partial charge in [-0.15, -0.1) is 0 Å². The van der Waals surface area contributed by atoms with Crippen LogP contribution in [0.3, 0.4) is 0 Å². The molecule has 0 aliphatic heterocycles. The van der Waals surface area contributed by atoms with Crippen molar-refractivity contribution in [2.24, 2.45) is 11.7 Å². The molecule has 0 bridgehead atoms. The average Bonchev–Trinajstić information content (AvgIpc) is 2.29. The third-order valence-electron chi connectivity index (χ3n) is 3.01. The summed E-state index contributed by atoms with van der Waals surface area (Å²) in [5, 5.41) is 0. The highest BCUT2D eigenvalue weighted by atomic mass is 16.1. The molecule has 0 heterocycles. The molecule has 1 aliphatic rings. The second-order valence-corrected chi connectivity index (χ2v) is 4.07. The zero-order valence-electron chi connectivity index (χ0n) is 8.43. The first-order valence-electron chi connectivity index (χ1n) is 5.57. The Morgan fingerprint density at radius 3 is 1.92 bits per heavy atom. The van der Waals surface area contributed by atoms with Crippen LogP contribution in [0.25, 0.3) is 0 Å². The van der Waals surface area contributed by atoms with E-state index in [1.165, 1.54) is 38.5 Å². The summed E-state index contributed by atoms with van der Waals surface area (Å²) in [6.45, 7) is 0.241. The number of Topliss-reactive ketones (excluding diaryl/α,β-unsaturated/α-hetero) is 1. The van der Waals surface area contributed by atoms with Crippen LogP contribution in [-0.2, 0) is 4.79 Å². The zero-order valence-corrected chi connectivity index (χ0v) is 8.43. The van der Waals surface area contributed by atoms with E-state index in [0.29, 0.717) is 0 Å². The fourth-order valence-electron chi connectivity index (χ4n) is 2.12. The van der Waals surface area contributed by atoms with Gasteiger partial charge in [-0.05, 0) is 12.8 Å². The molecule has 0 saturated heterocycles. The van der Waals surface area contributed by atoms with E-state index in [1.54, 1.807) is 0 Å². The van der Waals surface area contributed by atoms with E-state index in [1.807, 2.05) is 0 Å². The highest BCUT2D eigenvalue weighted by molar-refractivity contribution is 5.82. The Bertz CT molecular complexity index is 146. The van der Waals surface area contributed by atoms with Gasteiger partial charge in [-0.2, -0.15) is 0 Å². The van der Waals surface area contributed by atoms with Gasteiger partial charge >= 0.3 is 0 Å². The van der Waals surface area contributed by atoms with Crippen molar-refractivity contribution in [1.82, 2.24) is 0 Å². The largest absolute Gasteiger partial charge is 0.324 e. The quantitative estimate of drug-likeness (QED) is 0.713. The van der Waals surface area contributed by atoms with E-state index in [2.05, 4.69) is 0 Å². The Hall–Kier alpha value is -0.370. The number of hydrogen-bond donors (Lipinski definition) is 1. The van der Waals surface area contributed by atoms with Crippen molar-refractivity contribution in [3.63, 3.8) is 0 Å². The van der Waals surface area contributed by atoms with Gasteiger partial charge in [-0.25, -0.2) is 0 Å². The summed E-state index contributed by atoms with van der Waals surface area (Å²) < 4.78 is 0. The molecule has 1 aliphatic carbocycles. The Morgan fingerprint density at radius 1 is 1.00 bits per heavy atom. The molecular weight excluding hydrogens is 162 g/mol. The normalized spacial score (nSPS) is 21.6. The highest BCUT2D eigenvalue weighted by Gasteiger charge is 2.16. The number of hydrogen-bond acceptors (Lipinski definition) is 2. The number of nitrogens with two attached hydrogens (primary N) is 1. The van der Waals surface area contributed by atoms with Crippen LogP contribution in [0.2, 0.25) is 0 Å². The molecule has 0 aromatic rings. The molecule has 1 saturated carbocycles. The van der Waals surface area contributed by atoms with Crippen molar-refractivity contribution in [2.45, 2.75) is 51.4 Å². The number of carbonyl (C=O) groups excluding carboxylic acids is 1. The van der Waals surface area contributed by atoms with Crippen LogP contribution in [-0.4, -0.2) is 12.3 Å². The minimum atomic E-state index is 0.241. The van der Waals surface area contributed by atoms with Gasteiger partial charge in [0.1, 0.15) is 5.78 Å². The van der Waals surface area contributed by atoms with E-state index in [9.17, 15) is 4.79 Å². The van der Waals surface area contributed by atoms with Gasteiger partial charge in [-0.3, -0.25) is 4.79 Å². The molecule has 13 heavy (non-hydrogen) atoms. The van der Waals surface area contributed by atoms with Crippen LogP contribution in [0, 0.1) is 5.92 Å². The zero-order chi connectivity index (χ0) is 9.52. The van der Waals surface area contributed by atoms with Gasteiger partial charge in [0, 0.05) is 5.92 Å². The van der Waals surface area contributed by atoms with Crippen molar-refractivity contribution >= 4 is 5.78 Å². The van der Waals surface area contributed by atoms with Gasteiger partial charge in [-0.1, -0.05) is 38.5 Å². The second-order valence-electron chi connectivity index (χ2n) is 4.07. The van der Waals surface area contributed by atoms with Crippen molar-refractivity contribution < 1.29 is 4.79 Å². The molecule has 1 rings (SSSR count). The summed E-state index contributed by atoms with van der Waals surface area (Å²) in [7, 11) is 0. The van der Waals surface area contributed by atoms with Gasteiger partial charge in [0.05, 0.1) is 6.54 Å². The molecule has 0 aromatic heterocycles. The maximum Gasteiger partial charge on any atom is 0.149 e. The second kappa shape index (κ2) is 6.14. The molecule has 2 N–H and O–H groups in total. The Balaban J connectivity index is 2.36. The van der Waals surface area contributed by atoms with Crippen LogP contribution >= 0.6 is 0 Å². The molecule has 2 nitrogen and oxygen atoms in total. The van der Waals surface area contributed by atoms with Crippen LogP contribution in [0.1, 0.15) is 51.4 Å². The SMILES string of the molecule is NCC(=O)C1CCCCCCCC1. The van der Waals surface area contributed by atoms with Gasteiger partial charge < -0.3 is 5.73 Å². The fraction of sp³-hybridized carbons (Fsp3) is 0.909. The molecule has 0 atom stereocenters. The smallest absolute Gasteiger partial charge is 0.149 e. The first-order valence-corrected chi connectivity index (χ1v) is 5.57.